The quantitative estimate of drug-likeness (QED) is 0.928. The number of ether oxygens (including phenoxy) is 1. The molecule has 1 saturated carbocycles. The molecule has 3 nitrogen and oxygen atoms in total. The molecule has 0 aliphatic heterocycles. The number of rotatable bonds is 4. The van der Waals surface area contributed by atoms with Crippen molar-refractivity contribution >= 4 is 21.8 Å². The van der Waals surface area contributed by atoms with E-state index in [1.165, 1.54) is 6.42 Å². The zero-order valence-electron chi connectivity index (χ0n) is 9.83. The molecule has 0 aromatic heterocycles. The van der Waals surface area contributed by atoms with Gasteiger partial charge in [0.15, 0.2) is 0 Å². The molecule has 1 aromatic carbocycles. The first-order valence-corrected chi connectivity index (χ1v) is 6.54. The second kappa shape index (κ2) is 5.19. The Balaban J connectivity index is 1.96. The fourth-order valence-electron chi connectivity index (χ4n) is 2.01. The molecule has 4 heteroatoms. The molecule has 0 bridgehead atoms. The van der Waals surface area contributed by atoms with Crippen molar-refractivity contribution in [3.63, 3.8) is 0 Å². The molecule has 17 heavy (non-hydrogen) atoms. The van der Waals surface area contributed by atoms with Crippen LogP contribution in [-0.4, -0.2) is 25.2 Å². The van der Waals surface area contributed by atoms with E-state index >= 15 is 0 Å². The zero-order chi connectivity index (χ0) is 12.3. The summed E-state index contributed by atoms with van der Waals surface area (Å²) in [4.78, 5) is 12.0. The van der Waals surface area contributed by atoms with Crippen LogP contribution in [0.2, 0.25) is 0 Å². The van der Waals surface area contributed by atoms with E-state index < -0.39 is 0 Å². The fraction of sp³-hybridized carbons (Fsp3) is 0.462. The summed E-state index contributed by atoms with van der Waals surface area (Å²) in [6.45, 7) is 0.587. The van der Waals surface area contributed by atoms with E-state index in [0.29, 0.717) is 12.1 Å². The molecule has 92 valence electrons. The molecule has 1 fully saturated rings. The summed E-state index contributed by atoms with van der Waals surface area (Å²) < 4.78 is 6.28. The molecule has 0 heterocycles. The summed E-state index contributed by atoms with van der Waals surface area (Å²) in [7, 11) is 1.71. The van der Waals surface area contributed by atoms with Gasteiger partial charge in [0, 0.05) is 18.1 Å². The van der Waals surface area contributed by atoms with Gasteiger partial charge in [0.2, 0.25) is 0 Å². The van der Waals surface area contributed by atoms with Crippen LogP contribution in [0.4, 0.5) is 0 Å². The smallest absolute Gasteiger partial charge is 0.252 e. The lowest BCUT2D eigenvalue weighted by molar-refractivity contribution is -0.0679. The van der Waals surface area contributed by atoms with E-state index in [2.05, 4.69) is 21.2 Å². The number of hydrogen-bond acceptors (Lipinski definition) is 2. The van der Waals surface area contributed by atoms with Crippen LogP contribution in [0.5, 0.6) is 0 Å². The number of hydrogen-bond donors (Lipinski definition) is 1. The molecule has 0 radical (unpaired) electrons. The van der Waals surface area contributed by atoms with E-state index in [1.54, 1.807) is 13.2 Å². The molecule has 1 amide bonds. The Bertz CT molecular complexity index is 410. The van der Waals surface area contributed by atoms with Gasteiger partial charge in [-0.2, -0.15) is 0 Å². The van der Waals surface area contributed by atoms with Crippen molar-refractivity contribution in [3.8, 4) is 0 Å². The Kier molecular flexibility index (Phi) is 3.84. The average molecular weight is 298 g/mol. The van der Waals surface area contributed by atoms with Crippen LogP contribution in [0.15, 0.2) is 28.7 Å². The Hall–Kier alpha value is -0.870. The van der Waals surface area contributed by atoms with Crippen LogP contribution in [0.1, 0.15) is 29.6 Å². The largest absolute Gasteiger partial charge is 0.376 e. The lowest BCUT2D eigenvalue weighted by Gasteiger charge is -2.40. The van der Waals surface area contributed by atoms with Gasteiger partial charge in [-0.05, 0) is 47.3 Å². The highest BCUT2D eigenvalue weighted by Crippen LogP contribution is 2.34. The van der Waals surface area contributed by atoms with Crippen LogP contribution in [0.25, 0.3) is 0 Å². The number of methoxy groups -OCH3 is 1. The van der Waals surface area contributed by atoms with E-state index in [-0.39, 0.29) is 11.5 Å². The van der Waals surface area contributed by atoms with Crippen LogP contribution in [0.3, 0.4) is 0 Å². The molecule has 2 rings (SSSR count). The van der Waals surface area contributed by atoms with E-state index in [9.17, 15) is 4.79 Å². The second-order valence-corrected chi connectivity index (χ2v) is 5.26. The molecule has 0 saturated heterocycles. The normalized spacial score (nSPS) is 17.3. The number of benzene rings is 1. The summed E-state index contributed by atoms with van der Waals surface area (Å²) in [6, 6.07) is 7.42. The lowest BCUT2D eigenvalue weighted by atomic mass is 9.80. The Morgan fingerprint density at radius 2 is 2.18 bits per heavy atom. The van der Waals surface area contributed by atoms with E-state index in [0.717, 1.165) is 17.3 Å². The van der Waals surface area contributed by atoms with Crippen molar-refractivity contribution in [3.05, 3.63) is 34.3 Å². The number of halogens is 1. The average Bonchev–Trinajstić information content (AvgIpc) is 2.28. The number of carbonyl (C=O) groups excluding carboxylic acids is 1. The number of carbonyl (C=O) groups is 1. The third-order valence-electron chi connectivity index (χ3n) is 3.39. The van der Waals surface area contributed by atoms with Crippen LogP contribution in [-0.2, 0) is 4.74 Å². The van der Waals surface area contributed by atoms with E-state index in [1.807, 2.05) is 18.2 Å². The third-order valence-corrected chi connectivity index (χ3v) is 4.08. The van der Waals surface area contributed by atoms with Gasteiger partial charge >= 0.3 is 0 Å². The van der Waals surface area contributed by atoms with Gasteiger partial charge < -0.3 is 10.1 Å². The second-order valence-electron chi connectivity index (χ2n) is 4.40. The molecule has 1 aliphatic rings. The summed E-state index contributed by atoms with van der Waals surface area (Å²) in [5.41, 5.74) is 0.537. The van der Waals surface area contributed by atoms with Gasteiger partial charge in [0.25, 0.3) is 5.91 Å². The summed E-state index contributed by atoms with van der Waals surface area (Å²) in [6.07, 6.45) is 3.23. The molecule has 0 atom stereocenters. The summed E-state index contributed by atoms with van der Waals surface area (Å²) in [5, 5.41) is 2.94. The van der Waals surface area contributed by atoms with Gasteiger partial charge in [0.1, 0.15) is 0 Å². The topological polar surface area (TPSA) is 38.3 Å². The minimum atomic E-state index is -0.128. The first-order chi connectivity index (χ1) is 8.17. The van der Waals surface area contributed by atoms with Crippen molar-refractivity contribution < 1.29 is 9.53 Å². The molecular weight excluding hydrogens is 282 g/mol. The highest BCUT2D eigenvalue weighted by atomic mass is 79.9. The van der Waals surface area contributed by atoms with Gasteiger partial charge in [-0.25, -0.2) is 0 Å². The summed E-state index contributed by atoms with van der Waals surface area (Å²) >= 11 is 3.37. The maximum absolute atomic E-state index is 12.0. The summed E-state index contributed by atoms with van der Waals surface area (Å²) in [5.74, 6) is -0.0548. The minimum absolute atomic E-state index is 0.0548. The Morgan fingerprint density at radius 1 is 1.47 bits per heavy atom. The number of amides is 1. The van der Waals surface area contributed by atoms with Crippen molar-refractivity contribution in [2.75, 3.05) is 13.7 Å². The van der Waals surface area contributed by atoms with Gasteiger partial charge in [-0.15, -0.1) is 0 Å². The standard InChI is InChI=1S/C13H16BrNO2/c1-17-13(7-4-8-13)9-15-12(16)10-5-2-3-6-11(10)14/h2-3,5-6H,4,7-9H2,1H3,(H,15,16). The van der Waals surface area contributed by atoms with Crippen LogP contribution >= 0.6 is 15.9 Å². The Labute approximate surface area is 110 Å². The predicted molar refractivity (Wildman–Crippen MR) is 70.1 cm³/mol. The van der Waals surface area contributed by atoms with Crippen molar-refractivity contribution in [1.29, 1.82) is 0 Å². The van der Waals surface area contributed by atoms with E-state index in [4.69, 9.17) is 4.74 Å². The molecular formula is C13H16BrNO2. The molecule has 0 unspecified atom stereocenters. The zero-order valence-corrected chi connectivity index (χ0v) is 11.4. The van der Waals surface area contributed by atoms with Crippen molar-refractivity contribution in [2.45, 2.75) is 24.9 Å². The molecule has 0 spiro atoms. The van der Waals surface area contributed by atoms with Crippen molar-refractivity contribution in [2.24, 2.45) is 0 Å². The first-order valence-electron chi connectivity index (χ1n) is 5.75. The lowest BCUT2D eigenvalue weighted by Crippen LogP contribution is -2.49. The van der Waals surface area contributed by atoms with Crippen LogP contribution < -0.4 is 5.32 Å². The Morgan fingerprint density at radius 3 is 2.71 bits per heavy atom. The molecule has 1 aromatic rings. The van der Waals surface area contributed by atoms with Crippen molar-refractivity contribution in [1.82, 2.24) is 5.32 Å². The maximum Gasteiger partial charge on any atom is 0.252 e. The van der Waals surface area contributed by atoms with Gasteiger partial charge in [-0.1, -0.05) is 12.1 Å². The number of nitrogens with one attached hydrogen (secondary N) is 1. The van der Waals surface area contributed by atoms with Gasteiger partial charge in [0.05, 0.1) is 11.2 Å². The van der Waals surface area contributed by atoms with Crippen LogP contribution in [0, 0.1) is 0 Å². The fourth-order valence-corrected chi connectivity index (χ4v) is 2.47. The maximum atomic E-state index is 12.0. The molecule has 1 N–H and O–H groups in total. The highest BCUT2D eigenvalue weighted by Gasteiger charge is 2.37. The predicted octanol–water partition coefficient (Wildman–Crippen LogP) is 2.75. The van der Waals surface area contributed by atoms with Gasteiger partial charge in [-0.3, -0.25) is 4.79 Å². The minimum Gasteiger partial charge on any atom is -0.376 e. The monoisotopic (exact) mass is 297 g/mol. The highest BCUT2D eigenvalue weighted by molar-refractivity contribution is 9.10. The third kappa shape index (κ3) is 2.69. The molecule has 1 aliphatic carbocycles. The SMILES string of the molecule is COC1(CNC(=O)c2ccccc2Br)CCC1. The first kappa shape index (κ1) is 12.6.